The van der Waals surface area contributed by atoms with Gasteiger partial charge in [0.05, 0.1) is 11.5 Å². The summed E-state index contributed by atoms with van der Waals surface area (Å²) >= 11 is 1.47. The summed E-state index contributed by atoms with van der Waals surface area (Å²) in [4.78, 5) is 20.3. The molecule has 0 aliphatic carbocycles. The van der Waals surface area contributed by atoms with Gasteiger partial charge in [0.1, 0.15) is 11.5 Å². The number of ketones is 1. The lowest BCUT2D eigenvalue weighted by Crippen LogP contribution is -2.09. The van der Waals surface area contributed by atoms with Gasteiger partial charge in [-0.25, -0.2) is 4.98 Å². The number of thiophene rings is 1. The predicted octanol–water partition coefficient (Wildman–Crippen LogP) is 3.55. The summed E-state index contributed by atoms with van der Waals surface area (Å²) in [6.45, 7) is 2.89. The lowest BCUT2D eigenvalue weighted by atomic mass is 10.0. The Kier molecular flexibility index (Phi) is 4.22. The van der Waals surface area contributed by atoms with E-state index >= 15 is 0 Å². The number of hydrogen-bond acceptors (Lipinski definition) is 5. The third-order valence-corrected chi connectivity index (χ3v) is 4.43. The molecule has 0 aliphatic heterocycles. The maximum atomic E-state index is 11.8. The van der Waals surface area contributed by atoms with Gasteiger partial charge in [0.15, 0.2) is 5.78 Å². The van der Waals surface area contributed by atoms with Crippen molar-refractivity contribution in [3.63, 3.8) is 0 Å². The molecule has 0 radical (unpaired) electrons. The van der Waals surface area contributed by atoms with E-state index < -0.39 is 0 Å². The zero-order valence-corrected chi connectivity index (χ0v) is 13.3. The van der Waals surface area contributed by atoms with E-state index in [1.807, 2.05) is 29.8 Å². The molecule has 0 aliphatic rings. The molecule has 3 heterocycles. The molecule has 0 unspecified atom stereocenters. The van der Waals surface area contributed by atoms with Crippen LogP contribution in [0, 0.1) is 0 Å². The topological polar surface area (TPSA) is 67.0 Å². The summed E-state index contributed by atoms with van der Waals surface area (Å²) in [5, 5.41) is 6.20. The first kappa shape index (κ1) is 14.7. The van der Waals surface area contributed by atoms with Crippen LogP contribution in [0.1, 0.15) is 16.6 Å². The largest absolute Gasteiger partial charge is 0.383 e. The van der Waals surface area contributed by atoms with Gasteiger partial charge < -0.3 is 15.0 Å². The average Bonchev–Trinajstić information content (AvgIpc) is 3.15. The summed E-state index contributed by atoms with van der Waals surface area (Å²) in [6.07, 6.45) is 1.86. The Morgan fingerprint density at radius 3 is 3.05 bits per heavy atom. The number of aromatic amines is 1. The molecular weight excluding hydrogens is 298 g/mol. The van der Waals surface area contributed by atoms with Crippen LogP contribution in [-0.2, 0) is 4.74 Å². The second-order valence-corrected chi connectivity index (χ2v) is 5.85. The van der Waals surface area contributed by atoms with Crippen LogP contribution in [0.2, 0.25) is 0 Å². The van der Waals surface area contributed by atoms with Crippen molar-refractivity contribution < 1.29 is 9.53 Å². The van der Waals surface area contributed by atoms with E-state index in [1.165, 1.54) is 11.3 Å². The number of hydrogen-bond donors (Lipinski definition) is 2. The molecule has 3 aromatic rings. The van der Waals surface area contributed by atoms with Gasteiger partial charge in [-0.15, -0.1) is 11.3 Å². The molecule has 6 heteroatoms. The second-order valence-electron chi connectivity index (χ2n) is 4.93. The van der Waals surface area contributed by atoms with Crippen molar-refractivity contribution in [2.24, 2.45) is 0 Å². The molecule has 0 saturated carbocycles. The van der Waals surface area contributed by atoms with Crippen LogP contribution in [0.5, 0.6) is 0 Å². The van der Waals surface area contributed by atoms with Crippen LogP contribution in [-0.4, -0.2) is 36.0 Å². The average molecular weight is 315 g/mol. The Bertz CT molecular complexity index is 807. The first-order chi connectivity index (χ1) is 10.7. The van der Waals surface area contributed by atoms with Gasteiger partial charge in [-0.2, -0.15) is 0 Å². The minimum Gasteiger partial charge on any atom is -0.383 e. The van der Waals surface area contributed by atoms with Crippen LogP contribution in [0.25, 0.3) is 22.2 Å². The number of nitrogens with one attached hydrogen (secondary N) is 2. The van der Waals surface area contributed by atoms with Gasteiger partial charge in [-0.05, 0) is 36.1 Å². The van der Waals surface area contributed by atoms with E-state index in [1.54, 1.807) is 14.0 Å². The number of H-pyrrole nitrogens is 1. The number of carbonyl (C=O) groups excluding carboxylic acids is 1. The molecule has 0 fully saturated rings. The van der Waals surface area contributed by atoms with Crippen molar-refractivity contribution in [1.82, 2.24) is 9.97 Å². The number of pyridine rings is 1. The summed E-state index contributed by atoms with van der Waals surface area (Å²) in [6, 6.07) is 5.96. The Labute approximate surface area is 132 Å². The van der Waals surface area contributed by atoms with Crippen LogP contribution < -0.4 is 5.32 Å². The van der Waals surface area contributed by atoms with Crippen LogP contribution in [0.3, 0.4) is 0 Å². The molecule has 3 aromatic heterocycles. The number of carbonyl (C=O) groups is 1. The molecule has 22 heavy (non-hydrogen) atoms. The van der Waals surface area contributed by atoms with Gasteiger partial charge in [-0.3, -0.25) is 4.79 Å². The lowest BCUT2D eigenvalue weighted by Gasteiger charge is -2.09. The summed E-state index contributed by atoms with van der Waals surface area (Å²) in [5.74, 6) is 0.849. The Balaban J connectivity index is 2.08. The Morgan fingerprint density at radius 2 is 2.27 bits per heavy atom. The molecule has 0 bridgehead atoms. The van der Waals surface area contributed by atoms with Crippen LogP contribution in [0.15, 0.2) is 29.8 Å². The van der Waals surface area contributed by atoms with E-state index in [-0.39, 0.29) is 5.78 Å². The molecule has 0 amide bonds. The number of ether oxygens (including phenoxy) is 1. The summed E-state index contributed by atoms with van der Waals surface area (Å²) < 4.78 is 5.05. The number of Topliss-reactive ketones (excluding diaryl/α,β-unsaturated/α-hetero) is 1. The van der Waals surface area contributed by atoms with Crippen molar-refractivity contribution in [2.45, 2.75) is 6.92 Å². The number of nitrogens with zero attached hydrogens (tertiary/aromatic N) is 1. The molecule has 0 aromatic carbocycles. The molecule has 0 spiro atoms. The van der Waals surface area contributed by atoms with Crippen LogP contribution in [0.4, 0.5) is 5.82 Å². The van der Waals surface area contributed by atoms with E-state index in [4.69, 9.17) is 4.74 Å². The van der Waals surface area contributed by atoms with E-state index in [0.29, 0.717) is 13.2 Å². The first-order valence-electron chi connectivity index (χ1n) is 7.00. The third-order valence-electron chi connectivity index (χ3n) is 3.42. The number of anilines is 1. The zero-order valence-electron chi connectivity index (χ0n) is 12.5. The molecular formula is C16H17N3O2S. The molecule has 5 nitrogen and oxygen atoms in total. The minimum atomic E-state index is 0.0828. The third kappa shape index (κ3) is 2.75. The Hall–Kier alpha value is -2.18. The van der Waals surface area contributed by atoms with Crippen molar-refractivity contribution in [2.75, 3.05) is 25.6 Å². The van der Waals surface area contributed by atoms with Gasteiger partial charge in [0.2, 0.25) is 0 Å². The van der Waals surface area contributed by atoms with Crippen molar-refractivity contribution >= 4 is 34.0 Å². The van der Waals surface area contributed by atoms with Gasteiger partial charge in [0.25, 0.3) is 0 Å². The minimum absolute atomic E-state index is 0.0828. The first-order valence-corrected chi connectivity index (χ1v) is 7.88. The lowest BCUT2D eigenvalue weighted by molar-refractivity contribution is 0.102. The molecule has 114 valence electrons. The van der Waals surface area contributed by atoms with Crippen molar-refractivity contribution in [1.29, 1.82) is 0 Å². The van der Waals surface area contributed by atoms with Crippen LogP contribution >= 0.6 is 11.3 Å². The highest BCUT2D eigenvalue weighted by Crippen LogP contribution is 2.34. The fourth-order valence-electron chi connectivity index (χ4n) is 2.43. The standard InChI is InChI=1S/C16H17N3O2S/c1-10(20)15-11(4-8-22-15)13-9-14(17-6-7-21-2)19-16-12(13)3-5-18-16/h3-5,8-9H,6-7H2,1-2H3,(H2,17,18,19). The number of aromatic nitrogens is 2. The number of rotatable bonds is 6. The molecule has 2 N–H and O–H groups in total. The molecule has 3 rings (SSSR count). The fraction of sp³-hybridized carbons (Fsp3) is 0.250. The van der Waals surface area contributed by atoms with Gasteiger partial charge >= 0.3 is 0 Å². The quantitative estimate of drug-likeness (QED) is 0.539. The maximum Gasteiger partial charge on any atom is 0.170 e. The predicted molar refractivity (Wildman–Crippen MR) is 89.8 cm³/mol. The highest BCUT2D eigenvalue weighted by atomic mass is 32.1. The Morgan fingerprint density at radius 1 is 1.41 bits per heavy atom. The summed E-state index contributed by atoms with van der Waals surface area (Å²) in [7, 11) is 1.67. The monoisotopic (exact) mass is 315 g/mol. The van der Waals surface area contributed by atoms with Crippen molar-refractivity contribution in [3.8, 4) is 11.1 Å². The smallest absolute Gasteiger partial charge is 0.170 e. The fourth-order valence-corrected chi connectivity index (χ4v) is 3.24. The molecule has 0 atom stereocenters. The highest BCUT2D eigenvalue weighted by molar-refractivity contribution is 7.12. The SMILES string of the molecule is COCCNc1cc(-c2ccsc2C(C)=O)c2cc[nH]c2n1. The normalized spacial score (nSPS) is 11.0. The van der Waals surface area contributed by atoms with E-state index in [9.17, 15) is 4.79 Å². The number of methoxy groups -OCH3 is 1. The summed E-state index contributed by atoms with van der Waals surface area (Å²) in [5.41, 5.74) is 2.77. The maximum absolute atomic E-state index is 11.8. The van der Waals surface area contributed by atoms with Crippen molar-refractivity contribution in [3.05, 3.63) is 34.7 Å². The highest BCUT2D eigenvalue weighted by Gasteiger charge is 2.15. The van der Waals surface area contributed by atoms with Gasteiger partial charge in [-0.1, -0.05) is 0 Å². The van der Waals surface area contributed by atoms with Gasteiger partial charge in [0, 0.05) is 30.8 Å². The molecule has 0 saturated heterocycles. The second kappa shape index (κ2) is 6.29. The number of fused-ring (bicyclic) bond motifs is 1. The van der Waals surface area contributed by atoms with E-state index in [0.717, 1.165) is 32.9 Å². The van der Waals surface area contributed by atoms with E-state index in [2.05, 4.69) is 15.3 Å². The zero-order chi connectivity index (χ0) is 15.5.